The second kappa shape index (κ2) is 5.02. The highest BCUT2D eigenvalue weighted by Crippen LogP contribution is 2.47. The van der Waals surface area contributed by atoms with Gasteiger partial charge < -0.3 is 4.74 Å². The zero-order valence-corrected chi connectivity index (χ0v) is 12.6. The molecule has 1 aliphatic heterocycles. The lowest BCUT2D eigenvalue weighted by Gasteiger charge is -2.37. The van der Waals surface area contributed by atoms with E-state index in [4.69, 9.17) is 4.74 Å². The van der Waals surface area contributed by atoms with Crippen LogP contribution < -0.4 is 0 Å². The van der Waals surface area contributed by atoms with Crippen LogP contribution in [0.4, 0.5) is 0 Å². The highest BCUT2D eigenvalue weighted by atomic mass is 16.6. The molecule has 1 aliphatic rings. The number of carbonyl (C=O) groups is 2. The van der Waals surface area contributed by atoms with Crippen molar-refractivity contribution >= 4 is 11.9 Å². The first-order chi connectivity index (χ1) is 8.10. The van der Waals surface area contributed by atoms with Crippen molar-refractivity contribution in [1.82, 2.24) is 0 Å². The minimum atomic E-state index is -0.337. The van der Waals surface area contributed by atoms with Gasteiger partial charge >= 0.3 is 11.9 Å². The van der Waals surface area contributed by atoms with E-state index in [1.165, 1.54) is 0 Å². The Morgan fingerprint density at radius 3 is 1.89 bits per heavy atom. The van der Waals surface area contributed by atoms with Crippen molar-refractivity contribution < 1.29 is 14.3 Å². The molecule has 0 aliphatic carbocycles. The maximum absolute atomic E-state index is 12.0. The molecule has 3 nitrogen and oxygen atoms in total. The fourth-order valence-electron chi connectivity index (χ4n) is 2.57. The van der Waals surface area contributed by atoms with E-state index in [0.29, 0.717) is 11.8 Å². The van der Waals surface area contributed by atoms with E-state index in [9.17, 15) is 9.59 Å². The number of hydrogen-bond acceptors (Lipinski definition) is 3. The zero-order chi connectivity index (χ0) is 14.2. The number of carbonyl (C=O) groups excluding carboxylic acids is 2. The van der Waals surface area contributed by atoms with Crippen molar-refractivity contribution in [2.75, 3.05) is 0 Å². The van der Waals surface area contributed by atoms with Crippen LogP contribution in [0, 0.1) is 35.0 Å². The van der Waals surface area contributed by atoms with Crippen LogP contribution >= 0.6 is 0 Å². The van der Waals surface area contributed by atoms with Crippen molar-refractivity contribution in [2.45, 2.75) is 48.5 Å². The van der Waals surface area contributed by atoms with Gasteiger partial charge in [0.15, 0.2) is 0 Å². The monoisotopic (exact) mass is 254 g/mol. The van der Waals surface area contributed by atoms with Gasteiger partial charge in [0, 0.05) is 0 Å². The Bertz CT molecular complexity index is 342. The molecule has 0 aromatic rings. The minimum absolute atomic E-state index is 0.159. The summed E-state index contributed by atoms with van der Waals surface area (Å²) in [7, 11) is 0. The lowest BCUT2D eigenvalue weighted by molar-refractivity contribution is -0.155. The molecule has 1 fully saturated rings. The Labute approximate surface area is 110 Å². The molecular weight excluding hydrogens is 228 g/mol. The summed E-state index contributed by atoms with van der Waals surface area (Å²) in [5.74, 6) is -0.442. The molecule has 0 N–H and O–H groups in total. The van der Waals surface area contributed by atoms with E-state index < -0.39 is 0 Å². The predicted octanol–water partition coefficient (Wildman–Crippen LogP) is 3.28. The summed E-state index contributed by atoms with van der Waals surface area (Å²) in [4.78, 5) is 24.0. The molecule has 0 bridgehead atoms. The fourth-order valence-corrected chi connectivity index (χ4v) is 2.57. The molecule has 0 aromatic heterocycles. The van der Waals surface area contributed by atoms with Crippen LogP contribution in [0.2, 0.25) is 0 Å². The van der Waals surface area contributed by atoms with E-state index >= 15 is 0 Å². The lowest BCUT2D eigenvalue weighted by Crippen LogP contribution is -2.40. The average molecular weight is 254 g/mol. The molecule has 3 atom stereocenters. The van der Waals surface area contributed by atoms with Crippen molar-refractivity contribution in [3.05, 3.63) is 0 Å². The third-order valence-electron chi connectivity index (χ3n) is 4.99. The molecule has 0 saturated carbocycles. The van der Waals surface area contributed by atoms with Gasteiger partial charge in [0.1, 0.15) is 0 Å². The maximum atomic E-state index is 12.0. The Balaban J connectivity index is 3.13. The van der Waals surface area contributed by atoms with Gasteiger partial charge in [0.05, 0.1) is 11.8 Å². The SMILES string of the molecule is CC(C)C(C)C1C(=O)OC(=O)C1C(C)(C)C(C)C. The molecule has 0 radical (unpaired) electrons. The van der Waals surface area contributed by atoms with Gasteiger partial charge in [-0.15, -0.1) is 0 Å². The second-order valence-corrected chi connectivity index (χ2v) is 6.82. The standard InChI is InChI=1S/C15H26O3/c1-8(2)10(5)11-12(14(17)18-13(11)16)15(6,7)9(3)4/h8-12H,1-7H3. The highest BCUT2D eigenvalue weighted by molar-refractivity contribution is 5.97. The number of hydrogen-bond donors (Lipinski definition) is 0. The van der Waals surface area contributed by atoms with Crippen molar-refractivity contribution in [3.8, 4) is 0 Å². The predicted molar refractivity (Wildman–Crippen MR) is 70.7 cm³/mol. The first-order valence-electron chi connectivity index (χ1n) is 6.86. The largest absolute Gasteiger partial charge is 0.393 e. The molecule has 1 saturated heterocycles. The quantitative estimate of drug-likeness (QED) is 0.571. The van der Waals surface area contributed by atoms with Gasteiger partial charge in [-0.25, -0.2) is 0 Å². The van der Waals surface area contributed by atoms with Gasteiger partial charge in [-0.05, 0) is 23.2 Å². The molecule has 3 unspecified atom stereocenters. The first-order valence-corrected chi connectivity index (χ1v) is 6.86. The van der Waals surface area contributed by atoms with E-state index in [2.05, 4.69) is 41.5 Å². The van der Waals surface area contributed by atoms with E-state index in [1.807, 2.05) is 6.92 Å². The number of cyclic esters (lactones) is 2. The van der Waals surface area contributed by atoms with Crippen LogP contribution in [-0.4, -0.2) is 11.9 Å². The van der Waals surface area contributed by atoms with Crippen molar-refractivity contribution in [2.24, 2.45) is 35.0 Å². The van der Waals surface area contributed by atoms with Gasteiger partial charge in [-0.1, -0.05) is 48.5 Å². The molecule has 0 aromatic carbocycles. The Kier molecular flexibility index (Phi) is 4.24. The van der Waals surface area contributed by atoms with Crippen molar-refractivity contribution in [1.29, 1.82) is 0 Å². The van der Waals surface area contributed by atoms with Gasteiger partial charge in [-0.2, -0.15) is 0 Å². The number of ether oxygens (including phenoxy) is 1. The number of esters is 2. The Hall–Kier alpha value is -0.860. The molecule has 104 valence electrons. The highest BCUT2D eigenvalue weighted by Gasteiger charge is 2.54. The minimum Gasteiger partial charge on any atom is -0.393 e. The molecule has 1 rings (SSSR count). The topological polar surface area (TPSA) is 43.4 Å². The molecule has 0 amide bonds. The van der Waals surface area contributed by atoms with Gasteiger partial charge in [0.2, 0.25) is 0 Å². The number of rotatable bonds is 4. The van der Waals surface area contributed by atoms with Crippen LogP contribution in [0.25, 0.3) is 0 Å². The third kappa shape index (κ3) is 2.45. The molecule has 1 heterocycles. The van der Waals surface area contributed by atoms with Crippen molar-refractivity contribution in [3.63, 3.8) is 0 Å². The lowest BCUT2D eigenvalue weighted by atomic mass is 9.63. The molecular formula is C15H26O3. The summed E-state index contributed by atoms with van der Waals surface area (Å²) in [6.07, 6.45) is 0. The van der Waals surface area contributed by atoms with E-state index in [-0.39, 0.29) is 35.1 Å². The summed E-state index contributed by atoms with van der Waals surface area (Å²) >= 11 is 0. The molecule has 3 heteroatoms. The summed E-state index contributed by atoms with van der Waals surface area (Å²) in [6.45, 7) is 14.5. The van der Waals surface area contributed by atoms with Crippen LogP contribution in [0.3, 0.4) is 0 Å². The van der Waals surface area contributed by atoms with E-state index in [0.717, 1.165) is 0 Å². The Morgan fingerprint density at radius 1 is 1.00 bits per heavy atom. The summed E-state index contributed by atoms with van der Waals surface area (Å²) < 4.78 is 4.92. The molecule has 0 spiro atoms. The normalized spacial score (nSPS) is 26.9. The Morgan fingerprint density at radius 2 is 1.50 bits per heavy atom. The summed E-state index contributed by atoms with van der Waals surface area (Å²) in [5, 5.41) is 0. The summed E-state index contributed by atoms with van der Waals surface area (Å²) in [6, 6.07) is 0. The van der Waals surface area contributed by atoms with Crippen LogP contribution in [0.15, 0.2) is 0 Å². The average Bonchev–Trinajstić information content (AvgIpc) is 2.52. The van der Waals surface area contributed by atoms with E-state index in [1.54, 1.807) is 0 Å². The fraction of sp³-hybridized carbons (Fsp3) is 0.867. The third-order valence-corrected chi connectivity index (χ3v) is 4.99. The zero-order valence-electron chi connectivity index (χ0n) is 12.6. The van der Waals surface area contributed by atoms with Crippen LogP contribution in [0.1, 0.15) is 48.5 Å². The molecule has 18 heavy (non-hydrogen) atoms. The van der Waals surface area contributed by atoms with Crippen LogP contribution in [-0.2, 0) is 14.3 Å². The van der Waals surface area contributed by atoms with Crippen LogP contribution in [0.5, 0.6) is 0 Å². The smallest absolute Gasteiger partial charge is 0.318 e. The van der Waals surface area contributed by atoms with Gasteiger partial charge in [0.25, 0.3) is 0 Å². The summed E-state index contributed by atoms with van der Waals surface area (Å²) in [5.41, 5.74) is -0.225. The second-order valence-electron chi connectivity index (χ2n) is 6.82. The first kappa shape index (κ1) is 15.2. The maximum Gasteiger partial charge on any atom is 0.318 e. The van der Waals surface area contributed by atoms with Gasteiger partial charge in [-0.3, -0.25) is 9.59 Å².